The van der Waals surface area contributed by atoms with E-state index >= 15 is 0 Å². The van der Waals surface area contributed by atoms with Gasteiger partial charge in [0.1, 0.15) is 0 Å². The largest absolute Gasteiger partial charge is 0.314 e. The van der Waals surface area contributed by atoms with E-state index in [1.54, 1.807) is 0 Å². The molecular formula is C13H31NSi. The fourth-order valence-corrected chi connectivity index (χ4v) is 4.71. The Morgan fingerprint density at radius 2 is 1.40 bits per heavy atom. The highest BCUT2D eigenvalue weighted by molar-refractivity contribution is 6.15. The molecule has 0 heterocycles. The summed E-state index contributed by atoms with van der Waals surface area (Å²) in [5.41, 5.74) is 0.308. The lowest BCUT2D eigenvalue weighted by atomic mass is 9.66. The van der Waals surface area contributed by atoms with Gasteiger partial charge in [0.25, 0.3) is 0 Å². The lowest BCUT2D eigenvalue weighted by Crippen LogP contribution is -2.60. The molecule has 2 atom stereocenters. The first-order valence-corrected chi connectivity index (χ1v) is 7.46. The Morgan fingerprint density at radius 1 is 1.07 bits per heavy atom. The maximum atomic E-state index is 3.69. The molecule has 0 aromatic heterocycles. The van der Waals surface area contributed by atoms with E-state index in [0.717, 1.165) is 11.8 Å². The SMILES string of the molecule is CCC(C)C(NC)(C(C)CC)C(C)(C)[SiH3]. The molecule has 0 fully saturated rings. The summed E-state index contributed by atoms with van der Waals surface area (Å²) in [4.78, 5) is 0. The third-order valence-electron chi connectivity index (χ3n) is 4.43. The molecule has 0 amide bonds. The van der Waals surface area contributed by atoms with E-state index in [1.165, 1.54) is 23.1 Å². The lowest BCUT2D eigenvalue weighted by molar-refractivity contribution is 0.100. The number of rotatable bonds is 6. The first kappa shape index (κ1) is 15.2. The van der Waals surface area contributed by atoms with Crippen molar-refractivity contribution in [3.05, 3.63) is 0 Å². The van der Waals surface area contributed by atoms with Crippen LogP contribution < -0.4 is 5.32 Å². The lowest BCUT2D eigenvalue weighted by Gasteiger charge is -2.53. The molecule has 92 valence electrons. The zero-order chi connectivity index (χ0) is 12.3. The van der Waals surface area contributed by atoms with Crippen LogP contribution in [0.3, 0.4) is 0 Å². The molecule has 0 rings (SSSR count). The van der Waals surface area contributed by atoms with E-state index in [9.17, 15) is 0 Å². The van der Waals surface area contributed by atoms with Crippen LogP contribution in [0.2, 0.25) is 5.04 Å². The highest BCUT2D eigenvalue weighted by Crippen LogP contribution is 2.47. The zero-order valence-electron chi connectivity index (χ0n) is 12.1. The third-order valence-corrected chi connectivity index (χ3v) is 5.26. The van der Waals surface area contributed by atoms with E-state index in [1.807, 2.05) is 0 Å². The van der Waals surface area contributed by atoms with Crippen LogP contribution in [0, 0.1) is 11.8 Å². The van der Waals surface area contributed by atoms with Crippen LogP contribution in [0.25, 0.3) is 0 Å². The second-order valence-corrected chi connectivity index (χ2v) is 8.49. The second-order valence-electron chi connectivity index (χ2n) is 5.99. The Morgan fingerprint density at radius 3 is 1.53 bits per heavy atom. The number of hydrogen-bond donors (Lipinski definition) is 1. The van der Waals surface area contributed by atoms with Gasteiger partial charge >= 0.3 is 0 Å². The van der Waals surface area contributed by atoms with Gasteiger partial charge in [0.2, 0.25) is 0 Å². The molecule has 0 aliphatic rings. The van der Waals surface area contributed by atoms with Crippen molar-refractivity contribution in [2.24, 2.45) is 11.8 Å². The van der Waals surface area contributed by atoms with Crippen LogP contribution in [0.1, 0.15) is 54.4 Å². The molecule has 0 aromatic carbocycles. The summed E-state index contributed by atoms with van der Waals surface area (Å²) < 4.78 is 0. The molecular weight excluding hydrogens is 198 g/mol. The summed E-state index contributed by atoms with van der Waals surface area (Å²) in [7, 11) is 3.39. The van der Waals surface area contributed by atoms with Gasteiger partial charge in [0.15, 0.2) is 0 Å². The molecule has 0 bridgehead atoms. The summed E-state index contributed by atoms with van der Waals surface area (Å²) in [5, 5.41) is 4.13. The van der Waals surface area contributed by atoms with E-state index in [4.69, 9.17) is 0 Å². The van der Waals surface area contributed by atoms with Crippen LogP contribution in [0.5, 0.6) is 0 Å². The molecule has 0 spiro atoms. The van der Waals surface area contributed by atoms with Crippen molar-refractivity contribution in [1.82, 2.24) is 5.32 Å². The van der Waals surface area contributed by atoms with Gasteiger partial charge in [-0.1, -0.05) is 54.4 Å². The Hall–Kier alpha value is 0.177. The van der Waals surface area contributed by atoms with E-state index in [0.29, 0.717) is 10.6 Å². The minimum absolute atomic E-state index is 0.308. The highest BCUT2D eigenvalue weighted by atomic mass is 28.1. The zero-order valence-corrected chi connectivity index (χ0v) is 14.1. The molecule has 15 heavy (non-hydrogen) atoms. The molecule has 0 aliphatic heterocycles. The standard InChI is InChI=1S/C13H31NSi/c1-8-10(3)13(14-7,11(4)9-2)12(5,6)15/h10-11,14H,8-9H2,1-7,15H3. The first-order valence-electron chi connectivity index (χ1n) is 6.46. The number of nitrogens with one attached hydrogen (secondary N) is 1. The summed E-state index contributed by atoms with van der Waals surface area (Å²) in [5.74, 6) is 1.48. The smallest absolute Gasteiger partial charge is 0.0247 e. The minimum Gasteiger partial charge on any atom is -0.314 e. The molecule has 0 aromatic rings. The summed E-state index contributed by atoms with van der Waals surface area (Å²) in [6.07, 6.45) is 2.52. The summed E-state index contributed by atoms with van der Waals surface area (Å²) in [6, 6.07) is 0. The normalized spacial score (nSPS) is 21.0. The van der Waals surface area contributed by atoms with Crippen LogP contribution in [-0.2, 0) is 0 Å². The molecule has 2 heteroatoms. The molecule has 1 nitrogen and oxygen atoms in total. The molecule has 0 radical (unpaired) electrons. The minimum atomic E-state index is 0.308. The van der Waals surface area contributed by atoms with Gasteiger partial charge in [0.05, 0.1) is 0 Å². The average Bonchev–Trinajstić information content (AvgIpc) is 2.16. The Labute approximate surface area is 99.8 Å². The first-order chi connectivity index (χ1) is 6.77. The predicted octanol–water partition coefficient (Wildman–Crippen LogP) is 2.60. The van der Waals surface area contributed by atoms with Gasteiger partial charge in [-0.25, -0.2) is 0 Å². The molecule has 2 unspecified atom stereocenters. The van der Waals surface area contributed by atoms with Crippen molar-refractivity contribution in [2.75, 3.05) is 7.05 Å². The van der Waals surface area contributed by atoms with Crippen molar-refractivity contribution in [2.45, 2.75) is 65.0 Å². The fourth-order valence-electron chi connectivity index (χ4n) is 3.48. The second kappa shape index (κ2) is 5.49. The van der Waals surface area contributed by atoms with Crippen LogP contribution >= 0.6 is 0 Å². The summed E-state index contributed by atoms with van der Waals surface area (Å²) in [6.45, 7) is 14.3. The van der Waals surface area contributed by atoms with Gasteiger partial charge in [0, 0.05) is 15.8 Å². The average molecular weight is 229 g/mol. The van der Waals surface area contributed by atoms with Crippen LogP contribution in [-0.4, -0.2) is 22.8 Å². The monoisotopic (exact) mass is 229 g/mol. The highest BCUT2D eigenvalue weighted by Gasteiger charge is 2.47. The Bertz CT molecular complexity index is 173. The van der Waals surface area contributed by atoms with Gasteiger partial charge in [-0.3, -0.25) is 0 Å². The predicted molar refractivity (Wildman–Crippen MR) is 74.7 cm³/mol. The van der Waals surface area contributed by atoms with Crippen LogP contribution in [0.4, 0.5) is 0 Å². The van der Waals surface area contributed by atoms with Gasteiger partial charge in [-0.05, 0) is 23.9 Å². The van der Waals surface area contributed by atoms with E-state index in [2.05, 4.69) is 53.9 Å². The van der Waals surface area contributed by atoms with Gasteiger partial charge in [-0.15, -0.1) is 0 Å². The molecule has 0 saturated heterocycles. The van der Waals surface area contributed by atoms with Crippen LogP contribution in [0.15, 0.2) is 0 Å². The van der Waals surface area contributed by atoms with Crippen molar-refractivity contribution >= 4 is 10.2 Å². The third kappa shape index (κ3) is 2.65. The van der Waals surface area contributed by atoms with Crippen molar-refractivity contribution in [3.8, 4) is 0 Å². The Kier molecular flexibility index (Phi) is 5.55. The maximum absolute atomic E-state index is 3.69. The topological polar surface area (TPSA) is 12.0 Å². The fraction of sp³-hybridized carbons (Fsp3) is 1.00. The molecule has 0 aliphatic carbocycles. The van der Waals surface area contributed by atoms with Crippen molar-refractivity contribution in [3.63, 3.8) is 0 Å². The molecule has 1 N–H and O–H groups in total. The van der Waals surface area contributed by atoms with E-state index in [-0.39, 0.29) is 0 Å². The number of hydrogen-bond acceptors (Lipinski definition) is 1. The quantitative estimate of drug-likeness (QED) is 0.691. The Balaban J connectivity index is 5.30. The summed E-state index contributed by atoms with van der Waals surface area (Å²) >= 11 is 0. The molecule has 0 saturated carbocycles. The van der Waals surface area contributed by atoms with Gasteiger partial charge in [-0.2, -0.15) is 0 Å². The van der Waals surface area contributed by atoms with Crippen molar-refractivity contribution < 1.29 is 0 Å². The maximum Gasteiger partial charge on any atom is 0.0247 e. The van der Waals surface area contributed by atoms with Crippen molar-refractivity contribution in [1.29, 1.82) is 0 Å². The van der Waals surface area contributed by atoms with E-state index < -0.39 is 0 Å². The van der Waals surface area contributed by atoms with Gasteiger partial charge < -0.3 is 5.32 Å².